The molecule has 2 rings (SSSR count). The van der Waals surface area contributed by atoms with Crippen molar-refractivity contribution in [2.75, 3.05) is 6.61 Å². The first-order valence-electron chi connectivity index (χ1n) is 10.3. The normalized spacial score (nSPS) is 11.4. The lowest BCUT2D eigenvalue weighted by atomic mass is 10.1. The number of unbranched alkanes of at least 4 members (excludes halogenated alkanes) is 7. The maximum absolute atomic E-state index is 12.7. The number of aromatic hydroxyl groups is 1. The van der Waals surface area contributed by atoms with Gasteiger partial charge in [0.1, 0.15) is 5.75 Å². The molecule has 30 heavy (non-hydrogen) atoms. The molecule has 0 saturated heterocycles. The van der Waals surface area contributed by atoms with Crippen LogP contribution in [0.25, 0.3) is 0 Å². The number of benzene rings is 2. The zero-order valence-corrected chi connectivity index (χ0v) is 18.1. The molecule has 0 radical (unpaired) electrons. The van der Waals surface area contributed by atoms with Crippen molar-refractivity contribution in [3.63, 3.8) is 0 Å². The number of nitrogens with zero attached hydrogens (tertiary/aromatic N) is 1. The molecule has 0 aliphatic rings. The number of nitro benzene ring substituents is 1. The minimum atomic E-state index is -3.94. The summed E-state index contributed by atoms with van der Waals surface area (Å²) in [6.07, 6.45) is 9.66. The fourth-order valence-electron chi connectivity index (χ4n) is 3.09. The highest BCUT2D eigenvalue weighted by Crippen LogP contribution is 2.31. The van der Waals surface area contributed by atoms with Crippen LogP contribution in [-0.4, -0.2) is 25.1 Å². The van der Waals surface area contributed by atoms with Crippen molar-refractivity contribution in [1.29, 1.82) is 0 Å². The first kappa shape index (κ1) is 23.7. The Kier molecular flexibility index (Phi) is 9.11. The minimum absolute atomic E-state index is 0.00178. The average Bonchev–Trinajstić information content (AvgIpc) is 2.73. The second kappa shape index (κ2) is 11.5. The standard InChI is InChI=1S/C22H29NO6S/c1-2-3-4-5-6-7-8-9-16-29-18-10-12-19(13-11-18)30(27,28)20-14-15-22(24)21(17-20)23(25)26/h10-15,17,24H,2-9,16H2,1H3. The molecule has 0 aliphatic carbocycles. The van der Waals surface area contributed by atoms with E-state index in [4.69, 9.17) is 4.74 Å². The third-order valence-electron chi connectivity index (χ3n) is 4.85. The zero-order valence-electron chi connectivity index (χ0n) is 17.2. The average molecular weight is 436 g/mol. The van der Waals surface area contributed by atoms with E-state index in [-0.39, 0.29) is 9.79 Å². The van der Waals surface area contributed by atoms with Gasteiger partial charge in [0.2, 0.25) is 9.84 Å². The summed E-state index contributed by atoms with van der Waals surface area (Å²) >= 11 is 0. The van der Waals surface area contributed by atoms with Crippen molar-refractivity contribution in [3.8, 4) is 11.5 Å². The largest absolute Gasteiger partial charge is 0.502 e. The van der Waals surface area contributed by atoms with E-state index in [9.17, 15) is 23.6 Å². The second-order valence-corrected chi connectivity index (χ2v) is 9.16. The van der Waals surface area contributed by atoms with Crippen LogP contribution in [0.2, 0.25) is 0 Å². The van der Waals surface area contributed by atoms with Gasteiger partial charge in [-0.15, -0.1) is 0 Å². The van der Waals surface area contributed by atoms with Gasteiger partial charge in [0, 0.05) is 6.07 Å². The molecule has 0 fully saturated rings. The number of nitro groups is 1. The molecule has 0 aromatic heterocycles. The molecule has 2 aromatic carbocycles. The molecule has 0 bridgehead atoms. The van der Waals surface area contributed by atoms with Gasteiger partial charge in [0.05, 0.1) is 21.3 Å². The summed E-state index contributed by atoms with van der Waals surface area (Å²) in [4.78, 5) is 9.87. The predicted molar refractivity (Wildman–Crippen MR) is 115 cm³/mol. The van der Waals surface area contributed by atoms with E-state index in [0.29, 0.717) is 12.4 Å². The molecule has 164 valence electrons. The van der Waals surface area contributed by atoms with E-state index in [2.05, 4.69) is 6.92 Å². The fraction of sp³-hybridized carbons (Fsp3) is 0.455. The Labute approximate surface area is 177 Å². The van der Waals surface area contributed by atoms with Crippen LogP contribution in [-0.2, 0) is 9.84 Å². The van der Waals surface area contributed by atoms with Crippen molar-refractivity contribution in [2.24, 2.45) is 0 Å². The van der Waals surface area contributed by atoms with Gasteiger partial charge < -0.3 is 9.84 Å². The lowest BCUT2D eigenvalue weighted by Crippen LogP contribution is -2.03. The molecule has 0 saturated carbocycles. The van der Waals surface area contributed by atoms with Gasteiger partial charge in [-0.05, 0) is 42.8 Å². The number of hydrogen-bond acceptors (Lipinski definition) is 6. The topological polar surface area (TPSA) is 107 Å². The molecule has 8 heteroatoms. The van der Waals surface area contributed by atoms with Crippen molar-refractivity contribution in [2.45, 2.75) is 68.1 Å². The Balaban J connectivity index is 1.88. The number of phenols is 1. The quantitative estimate of drug-likeness (QED) is 0.247. The van der Waals surface area contributed by atoms with E-state index in [1.54, 1.807) is 12.1 Å². The molecular weight excluding hydrogens is 406 g/mol. The van der Waals surface area contributed by atoms with Crippen LogP contribution in [0.3, 0.4) is 0 Å². The zero-order chi connectivity index (χ0) is 22.0. The van der Waals surface area contributed by atoms with Crippen molar-refractivity contribution >= 4 is 15.5 Å². The van der Waals surface area contributed by atoms with Crippen LogP contribution in [0, 0.1) is 10.1 Å². The maximum Gasteiger partial charge on any atom is 0.312 e. The fourth-order valence-corrected chi connectivity index (χ4v) is 4.37. The molecule has 0 aliphatic heterocycles. The molecule has 0 atom stereocenters. The highest BCUT2D eigenvalue weighted by Gasteiger charge is 2.23. The number of phenolic OH excluding ortho intramolecular Hbond substituents is 1. The van der Waals surface area contributed by atoms with Crippen LogP contribution in [0.4, 0.5) is 5.69 Å². The van der Waals surface area contributed by atoms with Crippen LogP contribution >= 0.6 is 0 Å². The Bertz CT molecular complexity index is 925. The van der Waals surface area contributed by atoms with Gasteiger partial charge in [-0.1, -0.05) is 51.9 Å². The molecule has 0 heterocycles. The van der Waals surface area contributed by atoms with Crippen LogP contribution in [0.1, 0.15) is 58.3 Å². The van der Waals surface area contributed by atoms with Gasteiger partial charge in [-0.3, -0.25) is 10.1 Å². The smallest absolute Gasteiger partial charge is 0.312 e. The monoisotopic (exact) mass is 435 g/mol. The minimum Gasteiger partial charge on any atom is -0.502 e. The van der Waals surface area contributed by atoms with E-state index in [1.165, 1.54) is 50.7 Å². The number of sulfone groups is 1. The Morgan fingerprint density at radius 2 is 1.47 bits per heavy atom. The Hall–Kier alpha value is -2.61. The molecule has 7 nitrogen and oxygen atoms in total. The maximum atomic E-state index is 12.7. The van der Waals surface area contributed by atoms with E-state index < -0.39 is 26.2 Å². The Morgan fingerprint density at radius 3 is 2.07 bits per heavy atom. The molecule has 2 aromatic rings. The van der Waals surface area contributed by atoms with Gasteiger partial charge in [0.15, 0.2) is 5.75 Å². The SMILES string of the molecule is CCCCCCCCCCOc1ccc(S(=O)(=O)c2ccc(O)c([N+](=O)[O-])c2)cc1. The highest BCUT2D eigenvalue weighted by atomic mass is 32.2. The van der Waals surface area contributed by atoms with Crippen molar-refractivity contribution in [3.05, 3.63) is 52.6 Å². The summed E-state index contributed by atoms with van der Waals surface area (Å²) in [5.74, 6) is -0.00256. The van der Waals surface area contributed by atoms with E-state index in [0.717, 1.165) is 31.0 Å². The highest BCUT2D eigenvalue weighted by molar-refractivity contribution is 7.91. The second-order valence-electron chi connectivity index (χ2n) is 7.21. The van der Waals surface area contributed by atoms with Gasteiger partial charge in [-0.2, -0.15) is 0 Å². The molecule has 0 unspecified atom stereocenters. The molecule has 0 spiro atoms. The van der Waals surface area contributed by atoms with Crippen LogP contribution in [0.5, 0.6) is 11.5 Å². The van der Waals surface area contributed by atoms with Gasteiger partial charge >= 0.3 is 5.69 Å². The van der Waals surface area contributed by atoms with Gasteiger partial charge in [-0.25, -0.2) is 8.42 Å². The predicted octanol–water partition coefficient (Wildman–Crippen LogP) is 5.65. The van der Waals surface area contributed by atoms with Crippen LogP contribution in [0.15, 0.2) is 52.3 Å². The summed E-state index contributed by atoms with van der Waals surface area (Å²) in [7, 11) is -3.94. The molecular formula is C22H29NO6S. The lowest BCUT2D eigenvalue weighted by molar-refractivity contribution is -0.386. The summed E-state index contributed by atoms with van der Waals surface area (Å²) in [6, 6.07) is 8.99. The molecule has 0 amide bonds. The van der Waals surface area contributed by atoms with Gasteiger partial charge in [0.25, 0.3) is 0 Å². The van der Waals surface area contributed by atoms with E-state index >= 15 is 0 Å². The lowest BCUT2D eigenvalue weighted by Gasteiger charge is -2.08. The Morgan fingerprint density at radius 1 is 0.900 bits per heavy atom. The summed E-state index contributed by atoms with van der Waals surface area (Å²) in [5, 5.41) is 20.5. The first-order chi connectivity index (χ1) is 14.4. The third-order valence-corrected chi connectivity index (χ3v) is 6.62. The summed E-state index contributed by atoms with van der Waals surface area (Å²) in [6.45, 7) is 2.78. The van der Waals surface area contributed by atoms with Crippen molar-refractivity contribution in [1.82, 2.24) is 0 Å². The number of rotatable bonds is 13. The molecule has 1 N–H and O–H groups in total. The third kappa shape index (κ3) is 6.73. The van der Waals surface area contributed by atoms with Crippen molar-refractivity contribution < 1.29 is 23.2 Å². The number of hydrogen-bond donors (Lipinski definition) is 1. The first-order valence-corrected chi connectivity index (χ1v) is 11.8. The summed E-state index contributed by atoms with van der Waals surface area (Å²) < 4.78 is 31.1. The number of ether oxygens (including phenoxy) is 1. The van der Waals surface area contributed by atoms with E-state index in [1.807, 2.05) is 0 Å². The van der Waals surface area contributed by atoms with Crippen LogP contribution < -0.4 is 4.74 Å². The summed E-state index contributed by atoms with van der Waals surface area (Å²) in [5.41, 5.74) is -0.651.